The van der Waals surface area contributed by atoms with E-state index < -0.39 is 16.4 Å². The van der Waals surface area contributed by atoms with Gasteiger partial charge in [-0.3, -0.25) is 14.9 Å². The molecule has 0 aliphatic carbocycles. The van der Waals surface area contributed by atoms with Gasteiger partial charge in [0, 0.05) is 30.4 Å². The van der Waals surface area contributed by atoms with E-state index in [0.29, 0.717) is 0 Å². The van der Waals surface area contributed by atoms with Crippen LogP contribution in [0.5, 0.6) is 0 Å². The maximum Gasteiger partial charge on any atom is 0.272 e. The summed E-state index contributed by atoms with van der Waals surface area (Å²) >= 11 is 12.1. The predicted octanol–water partition coefficient (Wildman–Crippen LogP) is 2.55. The highest BCUT2D eigenvalue weighted by Crippen LogP contribution is 2.32. The average molecular weight is 372 g/mol. The maximum absolute atomic E-state index is 12.2. The molecule has 10 heteroatoms. The van der Waals surface area contributed by atoms with Crippen molar-refractivity contribution in [2.24, 2.45) is 5.73 Å². The second-order valence-electron chi connectivity index (χ2n) is 5.70. The van der Waals surface area contributed by atoms with Gasteiger partial charge < -0.3 is 11.1 Å². The molecule has 0 aliphatic heterocycles. The smallest absolute Gasteiger partial charge is 0.272 e. The molecule has 0 saturated carbocycles. The second kappa shape index (κ2) is 6.76. The molecule has 128 valence electrons. The van der Waals surface area contributed by atoms with E-state index >= 15 is 0 Å². The third-order valence-corrected chi connectivity index (χ3v) is 3.80. The minimum absolute atomic E-state index is 0.0477. The molecular formula is C14H15Cl2N5O3. The number of aromatic nitrogens is 2. The van der Waals surface area contributed by atoms with E-state index in [9.17, 15) is 14.9 Å². The first kappa shape index (κ1) is 18.2. The molecule has 1 amide bonds. The van der Waals surface area contributed by atoms with E-state index in [-0.39, 0.29) is 33.7 Å². The fourth-order valence-electron chi connectivity index (χ4n) is 1.87. The van der Waals surface area contributed by atoms with Gasteiger partial charge in [-0.05, 0) is 19.9 Å². The number of halogens is 2. The van der Waals surface area contributed by atoms with Gasteiger partial charge in [-0.1, -0.05) is 23.2 Å². The minimum Gasteiger partial charge on any atom is -0.344 e. The van der Waals surface area contributed by atoms with Crippen LogP contribution in [-0.2, 0) is 0 Å². The van der Waals surface area contributed by atoms with Gasteiger partial charge >= 0.3 is 0 Å². The van der Waals surface area contributed by atoms with E-state index in [0.717, 1.165) is 0 Å². The molecule has 0 saturated heterocycles. The molecule has 3 N–H and O–H groups in total. The van der Waals surface area contributed by atoms with Gasteiger partial charge in [-0.25, -0.2) is 4.68 Å². The Morgan fingerprint density at radius 2 is 2.00 bits per heavy atom. The van der Waals surface area contributed by atoms with Crippen LogP contribution < -0.4 is 11.1 Å². The fourth-order valence-corrected chi connectivity index (χ4v) is 2.52. The molecule has 0 fully saturated rings. The van der Waals surface area contributed by atoms with Crippen molar-refractivity contribution in [1.82, 2.24) is 15.1 Å². The van der Waals surface area contributed by atoms with Crippen molar-refractivity contribution >= 4 is 34.8 Å². The highest BCUT2D eigenvalue weighted by atomic mass is 35.5. The van der Waals surface area contributed by atoms with Gasteiger partial charge in [-0.2, -0.15) is 5.10 Å². The van der Waals surface area contributed by atoms with Crippen molar-refractivity contribution in [3.8, 4) is 5.69 Å². The summed E-state index contributed by atoms with van der Waals surface area (Å²) in [5, 5.41) is 17.8. The molecule has 0 spiro atoms. The number of hydrogen-bond donors (Lipinski definition) is 2. The number of amides is 1. The zero-order chi connectivity index (χ0) is 18.1. The Balaban J connectivity index is 2.35. The normalized spacial score (nSPS) is 11.4. The highest BCUT2D eigenvalue weighted by molar-refractivity contribution is 6.38. The lowest BCUT2D eigenvalue weighted by atomic mass is 10.1. The zero-order valence-corrected chi connectivity index (χ0v) is 14.4. The SMILES string of the molecule is CC(C)(CN)NC(=O)c1ccn(-c2c(Cl)cc([N+](=O)[O-])cc2Cl)n1. The van der Waals surface area contributed by atoms with E-state index in [1.54, 1.807) is 13.8 Å². The first-order valence-electron chi connectivity index (χ1n) is 6.86. The van der Waals surface area contributed by atoms with Crippen LogP contribution >= 0.6 is 23.2 Å². The Labute approximate surface area is 147 Å². The minimum atomic E-state index is -0.599. The summed E-state index contributed by atoms with van der Waals surface area (Å²) in [7, 11) is 0. The maximum atomic E-state index is 12.2. The number of nitro benzene ring substituents is 1. The van der Waals surface area contributed by atoms with Crippen LogP contribution in [0.2, 0.25) is 10.0 Å². The van der Waals surface area contributed by atoms with Crippen molar-refractivity contribution in [3.63, 3.8) is 0 Å². The number of carbonyl (C=O) groups excluding carboxylic acids is 1. The summed E-state index contributed by atoms with van der Waals surface area (Å²) < 4.78 is 1.29. The quantitative estimate of drug-likeness (QED) is 0.618. The van der Waals surface area contributed by atoms with Crippen LogP contribution in [0.3, 0.4) is 0 Å². The van der Waals surface area contributed by atoms with Crippen molar-refractivity contribution in [2.75, 3.05) is 6.54 Å². The first-order valence-corrected chi connectivity index (χ1v) is 7.62. The third-order valence-electron chi connectivity index (χ3n) is 3.23. The summed E-state index contributed by atoms with van der Waals surface area (Å²) in [4.78, 5) is 22.4. The number of nitro groups is 1. The molecule has 8 nitrogen and oxygen atoms in total. The second-order valence-corrected chi connectivity index (χ2v) is 6.52. The Bertz CT molecular complexity index is 780. The number of rotatable bonds is 5. The number of carbonyl (C=O) groups is 1. The van der Waals surface area contributed by atoms with Gasteiger partial charge in [0.2, 0.25) is 0 Å². The molecule has 0 aliphatic rings. The summed E-state index contributed by atoms with van der Waals surface area (Å²) in [6, 6.07) is 3.82. The Morgan fingerprint density at radius 1 is 1.42 bits per heavy atom. The largest absolute Gasteiger partial charge is 0.344 e. The van der Waals surface area contributed by atoms with Crippen LogP contribution in [-0.4, -0.2) is 32.7 Å². The van der Waals surface area contributed by atoms with Crippen molar-refractivity contribution < 1.29 is 9.72 Å². The Morgan fingerprint density at radius 3 is 2.50 bits per heavy atom. The van der Waals surface area contributed by atoms with Gasteiger partial charge in [0.1, 0.15) is 5.69 Å². The van der Waals surface area contributed by atoms with Crippen LogP contribution in [0.4, 0.5) is 5.69 Å². The lowest BCUT2D eigenvalue weighted by Gasteiger charge is -2.23. The van der Waals surface area contributed by atoms with Crippen LogP contribution in [0.15, 0.2) is 24.4 Å². The standard InChI is InChI=1S/C14H15Cl2N5O3/c1-14(2,7-17)18-13(22)11-3-4-20(19-11)12-9(15)5-8(21(23)24)6-10(12)16/h3-6H,7,17H2,1-2H3,(H,18,22). The van der Waals surface area contributed by atoms with Gasteiger partial charge in [0.05, 0.1) is 15.0 Å². The molecule has 1 aromatic heterocycles. The average Bonchev–Trinajstić information content (AvgIpc) is 2.95. The van der Waals surface area contributed by atoms with Crippen LogP contribution in [0.1, 0.15) is 24.3 Å². The van der Waals surface area contributed by atoms with E-state index in [4.69, 9.17) is 28.9 Å². The van der Waals surface area contributed by atoms with Crippen molar-refractivity contribution in [3.05, 3.63) is 50.2 Å². The van der Waals surface area contributed by atoms with E-state index in [2.05, 4.69) is 10.4 Å². The molecule has 0 unspecified atom stereocenters. The molecule has 1 aromatic carbocycles. The van der Waals surface area contributed by atoms with E-state index in [1.807, 2.05) is 0 Å². The number of nitrogens with zero attached hydrogens (tertiary/aromatic N) is 3. The number of hydrogen-bond acceptors (Lipinski definition) is 5. The molecule has 0 atom stereocenters. The van der Waals surface area contributed by atoms with Crippen LogP contribution in [0.25, 0.3) is 5.69 Å². The number of nitrogens with one attached hydrogen (secondary N) is 1. The zero-order valence-electron chi connectivity index (χ0n) is 12.9. The Kier molecular flexibility index (Phi) is 5.12. The number of non-ortho nitro benzene ring substituents is 1. The van der Waals surface area contributed by atoms with Gasteiger partial charge in [-0.15, -0.1) is 0 Å². The topological polar surface area (TPSA) is 116 Å². The molecule has 2 rings (SSSR count). The molecule has 2 aromatic rings. The molecule has 0 radical (unpaired) electrons. The van der Waals surface area contributed by atoms with E-state index in [1.165, 1.54) is 29.1 Å². The fraction of sp³-hybridized carbons (Fsp3) is 0.286. The van der Waals surface area contributed by atoms with Gasteiger partial charge in [0.25, 0.3) is 11.6 Å². The Hall–Kier alpha value is -2.16. The monoisotopic (exact) mass is 371 g/mol. The lowest BCUT2D eigenvalue weighted by Crippen LogP contribution is -2.48. The first-order chi connectivity index (χ1) is 11.1. The van der Waals surface area contributed by atoms with Crippen molar-refractivity contribution in [1.29, 1.82) is 0 Å². The van der Waals surface area contributed by atoms with Crippen molar-refractivity contribution in [2.45, 2.75) is 19.4 Å². The van der Waals surface area contributed by atoms with Gasteiger partial charge in [0.15, 0.2) is 5.69 Å². The predicted molar refractivity (Wildman–Crippen MR) is 90.8 cm³/mol. The number of nitrogens with two attached hydrogens (primary N) is 1. The third kappa shape index (κ3) is 3.84. The molecule has 1 heterocycles. The molecular weight excluding hydrogens is 357 g/mol. The summed E-state index contributed by atoms with van der Waals surface area (Å²) in [5.74, 6) is -0.404. The molecule has 0 bridgehead atoms. The highest BCUT2D eigenvalue weighted by Gasteiger charge is 2.22. The van der Waals surface area contributed by atoms with Crippen LogP contribution in [0, 0.1) is 10.1 Å². The summed E-state index contributed by atoms with van der Waals surface area (Å²) in [6.07, 6.45) is 1.49. The molecule has 24 heavy (non-hydrogen) atoms. The number of benzene rings is 1. The lowest BCUT2D eigenvalue weighted by molar-refractivity contribution is -0.384. The summed E-state index contributed by atoms with van der Waals surface area (Å²) in [5.41, 5.74) is 5.16. The summed E-state index contributed by atoms with van der Waals surface area (Å²) in [6.45, 7) is 3.83.